The van der Waals surface area contributed by atoms with Crippen LogP contribution >= 0.6 is 0 Å². The van der Waals surface area contributed by atoms with Gasteiger partial charge >= 0.3 is 0 Å². The topological polar surface area (TPSA) is 66.3 Å². The highest BCUT2D eigenvalue weighted by Gasteiger charge is 2.08. The second-order valence-electron chi connectivity index (χ2n) is 5.75. The monoisotopic (exact) mass is 357 g/mol. The fraction of sp³-hybridized carbons (Fsp3) is 0.350. The highest BCUT2D eigenvalue weighted by molar-refractivity contribution is 5.79. The number of likely N-dealkylation sites (N-methyl/N-ethyl adjacent to an activating group) is 1. The number of phenols is 1. The van der Waals surface area contributed by atoms with Crippen molar-refractivity contribution in [2.45, 2.75) is 13.5 Å². The third kappa shape index (κ3) is 5.88. The molecule has 2 aromatic rings. The zero-order chi connectivity index (χ0) is 18.8. The summed E-state index contributed by atoms with van der Waals surface area (Å²) in [7, 11) is 3.56. The molecule has 0 aliphatic rings. The number of benzene rings is 2. The first kappa shape index (κ1) is 19.4. The quantitative estimate of drug-likeness (QED) is 0.562. The maximum Gasteiger partial charge on any atom is 0.194 e. The van der Waals surface area contributed by atoms with Crippen molar-refractivity contribution in [3.63, 3.8) is 0 Å². The maximum absolute atomic E-state index is 10.0. The lowest BCUT2D eigenvalue weighted by Gasteiger charge is -2.22. The molecule has 6 heteroatoms. The Morgan fingerprint density at radius 2 is 1.92 bits per heavy atom. The molecule has 2 aromatic carbocycles. The smallest absolute Gasteiger partial charge is 0.194 e. The third-order valence-corrected chi connectivity index (χ3v) is 3.82. The van der Waals surface area contributed by atoms with Gasteiger partial charge in [0.2, 0.25) is 0 Å². The lowest BCUT2D eigenvalue weighted by molar-refractivity contribution is 0.281. The van der Waals surface area contributed by atoms with Gasteiger partial charge in [-0.05, 0) is 37.3 Å². The summed E-state index contributed by atoms with van der Waals surface area (Å²) >= 11 is 0. The molecule has 2 rings (SSSR count). The molecule has 140 valence electrons. The zero-order valence-electron chi connectivity index (χ0n) is 15.6. The van der Waals surface area contributed by atoms with Crippen molar-refractivity contribution in [1.29, 1.82) is 0 Å². The minimum absolute atomic E-state index is 0.209. The number of aromatic hydroxyl groups is 1. The van der Waals surface area contributed by atoms with E-state index in [1.165, 1.54) is 0 Å². The van der Waals surface area contributed by atoms with Crippen LogP contribution in [0.4, 0.5) is 0 Å². The molecule has 0 radical (unpaired) electrons. The van der Waals surface area contributed by atoms with E-state index in [4.69, 9.17) is 9.47 Å². The SMILES string of the molecule is CCNC(=NCc1cc(OC)ccc1O)N(C)CCOc1ccccc1. The predicted molar refractivity (Wildman–Crippen MR) is 104 cm³/mol. The Labute approximate surface area is 155 Å². The predicted octanol–water partition coefficient (Wildman–Crippen LogP) is 2.88. The van der Waals surface area contributed by atoms with Gasteiger partial charge in [0, 0.05) is 19.2 Å². The van der Waals surface area contributed by atoms with Crippen LogP contribution < -0.4 is 14.8 Å². The number of aliphatic imine (C=N–C) groups is 1. The van der Waals surface area contributed by atoms with Crippen molar-refractivity contribution < 1.29 is 14.6 Å². The van der Waals surface area contributed by atoms with Gasteiger partial charge in [0.1, 0.15) is 23.9 Å². The van der Waals surface area contributed by atoms with Crippen molar-refractivity contribution in [3.05, 3.63) is 54.1 Å². The number of para-hydroxylation sites is 1. The van der Waals surface area contributed by atoms with Gasteiger partial charge in [-0.15, -0.1) is 0 Å². The summed E-state index contributed by atoms with van der Waals surface area (Å²) in [5, 5.41) is 13.3. The van der Waals surface area contributed by atoms with Crippen molar-refractivity contribution in [3.8, 4) is 17.2 Å². The minimum Gasteiger partial charge on any atom is -0.508 e. The number of guanidine groups is 1. The second-order valence-corrected chi connectivity index (χ2v) is 5.75. The Morgan fingerprint density at radius 1 is 1.15 bits per heavy atom. The summed E-state index contributed by atoms with van der Waals surface area (Å²) in [6.07, 6.45) is 0. The Morgan fingerprint density at radius 3 is 2.62 bits per heavy atom. The van der Waals surface area contributed by atoms with Crippen molar-refractivity contribution in [2.75, 3.05) is 33.9 Å². The summed E-state index contributed by atoms with van der Waals surface area (Å²) in [5.74, 6) is 2.51. The Bertz CT molecular complexity index is 705. The van der Waals surface area contributed by atoms with E-state index in [-0.39, 0.29) is 5.75 Å². The molecule has 0 heterocycles. The summed E-state index contributed by atoms with van der Waals surface area (Å²) < 4.78 is 10.9. The van der Waals surface area contributed by atoms with Gasteiger partial charge in [-0.3, -0.25) is 0 Å². The van der Waals surface area contributed by atoms with Crippen LogP contribution in [0.15, 0.2) is 53.5 Å². The first-order valence-corrected chi connectivity index (χ1v) is 8.67. The van der Waals surface area contributed by atoms with E-state index in [2.05, 4.69) is 10.3 Å². The summed E-state index contributed by atoms with van der Waals surface area (Å²) in [6, 6.07) is 14.9. The molecule has 0 fully saturated rings. The molecule has 0 saturated heterocycles. The van der Waals surface area contributed by atoms with E-state index in [1.54, 1.807) is 25.3 Å². The molecule has 0 unspecified atom stereocenters. The molecule has 0 atom stereocenters. The van der Waals surface area contributed by atoms with Gasteiger partial charge in [-0.2, -0.15) is 0 Å². The van der Waals surface area contributed by atoms with E-state index < -0.39 is 0 Å². The van der Waals surface area contributed by atoms with Crippen LogP contribution in [0.2, 0.25) is 0 Å². The molecule has 0 saturated carbocycles. The van der Waals surface area contributed by atoms with Gasteiger partial charge in [0.15, 0.2) is 5.96 Å². The summed E-state index contributed by atoms with van der Waals surface area (Å²) in [4.78, 5) is 6.61. The Balaban J connectivity index is 1.96. The number of phenolic OH excluding ortho intramolecular Hbond substituents is 1. The molecule has 0 spiro atoms. The van der Waals surface area contributed by atoms with Gasteiger partial charge in [0.25, 0.3) is 0 Å². The normalized spacial score (nSPS) is 11.1. The molecular weight excluding hydrogens is 330 g/mol. The average Bonchev–Trinajstić information content (AvgIpc) is 2.67. The fourth-order valence-corrected chi connectivity index (χ4v) is 2.37. The summed E-state index contributed by atoms with van der Waals surface area (Å²) in [6.45, 7) is 4.37. The number of nitrogens with one attached hydrogen (secondary N) is 1. The number of ether oxygens (including phenoxy) is 2. The van der Waals surface area contributed by atoms with E-state index in [0.29, 0.717) is 31.0 Å². The first-order valence-electron chi connectivity index (χ1n) is 8.67. The average molecular weight is 357 g/mol. The van der Waals surface area contributed by atoms with Crippen LogP contribution in [0, 0.1) is 0 Å². The van der Waals surface area contributed by atoms with Gasteiger partial charge < -0.3 is 24.8 Å². The van der Waals surface area contributed by atoms with E-state index in [0.717, 1.165) is 18.3 Å². The maximum atomic E-state index is 10.0. The van der Waals surface area contributed by atoms with Gasteiger partial charge in [-0.25, -0.2) is 4.99 Å². The van der Waals surface area contributed by atoms with Crippen LogP contribution in [0.3, 0.4) is 0 Å². The highest BCUT2D eigenvalue weighted by atomic mass is 16.5. The number of nitrogens with zero attached hydrogens (tertiary/aromatic N) is 2. The lowest BCUT2D eigenvalue weighted by atomic mass is 10.2. The molecule has 0 bridgehead atoms. The molecule has 2 N–H and O–H groups in total. The molecule has 0 aliphatic carbocycles. The summed E-state index contributed by atoms with van der Waals surface area (Å²) in [5.41, 5.74) is 0.716. The van der Waals surface area contributed by atoms with Crippen LogP contribution in [0.5, 0.6) is 17.2 Å². The molecule has 6 nitrogen and oxygen atoms in total. The fourth-order valence-electron chi connectivity index (χ4n) is 2.37. The molecular formula is C20H27N3O3. The first-order chi connectivity index (χ1) is 12.6. The number of hydrogen-bond donors (Lipinski definition) is 2. The second kappa shape index (κ2) is 10.2. The van der Waals surface area contributed by atoms with Gasteiger partial charge in [0.05, 0.1) is 20.2 Å². The van der Waals surface area contributed by atoms with E-state index in [9.17, 15) is 5.11 Å². The van der Waals surface area contributed by atoms with Gasteiger partial charge in [-0.1, -0.05) is 18.2 Å². The van der Waals surface area contributed by atoms with Crippen molar-refractivity contribution in [2.24, 2.45) is 4.99 Å². The minimum atomic E-state index is 0.209. The Kier molecular flexibility index (Phi) is 7.61. The molecule has 0 amide bonds. The lowest BCUT2D eigenvalue weighted by Crippen LogP contribution is -2.40. The highest BCUT2D eigenvalue weighted by Crippen LogP contribution is 2.23. The largest absolute Gasteiger partial charge is 0.508 e. The molecule has 26 heavy (non-hydrogen) atoms. The van der Waals surface area contributed by atoms with Crippen LogP contribution in [-0.2, 0) is 6.54 Å². The van der Waals surface area contributed by atoms with Crippen LogP contribution in [-0.4, -0.2) is 49.8 Å². The van der Waals surface area contributed by atoms with E-state index in [1.807, 2.05) is 49.2 Å². The Hall–Kier alpha value is -2.89. The van der Waals surface area contributed by atoms with E-state index >= 15 is 0 Å². The zero-order valence-corrected chi connectivity index (χ0v) is 15.6. The van der Waals surface area contributed by atoms with Crippen molar-refractivity contribution in [1.82, 2.24) is 10.2 Å². The number of methoxy groups -OCH3 is 1. The number of hydrogen-bond acceptors (Lipinski definition) is 4. The third-order valence-electron chi connectivity index (χ3n) is 3.82. The van der Waals surface area contributed by atoms with Crippen LogP contribution in [0.1, 0.15) is 12.5 Å². The molecule has 0 aliphatic heterocycles. The van der Waals surface area contributed by atoms with Crippen LogP contribution in [0.25, 0.3) is 0 Å². The standard InChI is InChI=1S/C20H27N3O3/c1-4-21-20(22-15-16-14-18(25-3)10-11-19(16)24)23(2)12-13-26-17-8-6-5-7-9-17/h5-11,14,24H,4,12-13,15H2,1-3H3,(H,21,22). The van der Waals surface area contributed by atoms with Crippen molar-refractivity contribution >= 4 is 5.96 Å². The number of rotatable bonds is 8. The molecule has 0 aromatic heterocycles.